The van der Waals surface area contributed by atoms with Gasteiger partial charge in [0.25, 0.3) is 0 Å². The molecule has 0 aromatic carbocycles. The van der Waals surface area contributed by atoms with Crippen molar-refractivity contribution in [3.05, 3.63) is 18.0 Å². The van der Waals surface area contributed by atoms with Gasteiger partial charge in [-0.15, -0.1) is 10.2 Å². The van der Waals surface area contributed by atoms with Crippen LogP contribution in [0.3, 0.4) is 0 Å². The molecule has 1 saturated carbocycles. The Morgan fingerprint density at radius 2 is 1.93 bits per heavy atom. The number of aromatic nitrogens is 3. The second-order valence-corrected chi connectivity index (χ2v) is 9.40. The molecule has 0 radical (unpaired) electrons. The van der Waals surface area contributed by atoms with Gasteiger partial charge in [0.15, 0.2) is 0 Å². The van der Waals surface area contributed by atoms with E-state index >= 15 is 0 Å². The lowest BCUT2D eigenvalue weighted by molar-refractivity contribution is 0.473. The minimum Gasteiger partial charge on any atom is -0.419 e. The number of anilines is 2. The third kappa shape index (κ3) is 4.38. The molecule has 148 valence electrons. The van der Waals surface area contributed by atoms with E-state index in [2.05, 4.69) is 22.1 Å². The number of nitrogens with zero attached hydrogens (tertiary/aromatic N) is 5. The molecule has 2 heterocycles. The van der Waals surface area contributed by atoms with Crippen LogP contribution in [0.4, 0.5) is 11.6 Å². The van der Waals surface area contributed by atoms with Crippen LogP contribution in [0.25, 0.3) is 11.5 Å². The molecule has 2 aromatic heterocycles. The zero-order chi connectivity index (χ0) is 19.9. The van der Waals surface area contributed by atoms with E-state index in [9.17, 15) is 8.42 Å². The summed E-state index contributed by atoms with van der Waals surface area (Å²) >= 11 is 0. The van der Waals surface area contributed by atoms with Gasteiger partial charge in [0, 0.05) is 26.2 Å². The Bertz CT molecular complexity index is 927. The first-order valence-corrected chi connectivity index (χ1v) is 10.7. The van der Waals surface area contributed by atoms with E-state index in [1.165, 1.54) is 13.5 Å². The van der Waals surface area contributed by atoms with Gasteiger partial charge in [-0.05, 0) is 37.3 Å². The topological polar surface area (TPSA) is 118 Å². The highest BCUT2D eigenvalue weighted by atomic mass is 32.2. The van der Waals surface area contributed by atoms with Crippen molar-refractivity contribution in [2.75, 3.05) is 36.1 Å². The summed E-state index contributed by atoms with van der Waals surface area (Å²) in [6, 6.07) is 3.06. The Labute approximate surface area is 159 Å². The van der Waals surface area contributed by atoms with E-state index in [-0.39, 0.29) is 11.9 Å². The van der Waals surface area contributed by atoms with Crippen LogP contribution < -0.4 is 14.9 Å². The van der Waals surface area contributed by atoms with Crippen LogP contribution in [0.5, 0.6) is 0 Å². The molecule has 0 spiro atoms. The Morgan fingerprint density at radius 3 is 2.44 bits per heavy atom. The van der Waals surface area contributed by atoms with Crippen LogP contribution >= 0.6 is 0 Å². The summed E-state index contributed by atoms with van der Waals surface area (Å²) in [7, 11) is -0.0447. The van der Waals surface area contributed by atoms with Gasteiger partial charge in [-0.3, -0.25) is 4.31 Å². The number of sulfonamides is 1. The minimum absolute atomic E-state index is 0.280. The molecular formula is C17H26N6O3S. The second kappa shape index (κ2) is 7.08. The first kappa shape index (κ1) is 19.6. The molecular weight excluding hydrogens is 368 g/mol. The predicted molar refractivity (Wildman–Crippen MR) is 104 cm³/mol. The van der Waals surface area contributed by atoms with Crippen LogP contribution in [-0.2, 0) is 10.0 Å². The maximum atomic E-state index is 12.0. The van der Waals surface area contributed by atoms with Gasteiger partial charge in [0.2, 0.25) is 21.8 Å². The highest BCUT2D eigenvalue weighted by Crippen LogP contribution is 2.39. The SMILES string of the molecule is CC(N)c1nnc(-c2cc(N(C)CC3CC3C)nc(N(C)S(C)(=O)=O)c2)o1. The monoisotopic (exact) mass is 394 g/mol. The quantitative estimate of drug-likeness (QED) is 0.753. The molecule has 0 aliphatic heterocycles. The summed E-state index contributed by atoms with van der Waals surface area (Å²) in [6.45, 7) is 4.83. The molecule has 2 aromatic rings. The fraction of sp³-hybridized carbons (Fsp3) is 0.588. The van der Waals surface area contributed by atoms with Crippen molar-refractivity contribution in [3.63, 3.8) is 0 Å². The summed E-state index contributed by atoms with van der Waals surface area (Å²) in [5.74, 6) is 2.88. The van der Waals surface area contributed by atoms with Crippen LogP contribution in [0.2, 0.25) is 0 Å². The Balaban J connectivity index is 2.01. The van der Waals surface area contributed by atoms with Gasteiger partial charge in [0.1, 0.15) is 11.6 Å². The highest BCUT2D eigenvalue weighted by Gasteiger charge is 2.33. The summed E-state index contributed by atoms with van der Waals surface area (Å²) < 4.78 is 30.7. The van der Waals surface area contributed by atoms with E-state index in [0.717, 1.165) is 17.1 Å². The molecule has 3 rings (SSSR count). The van der Waals surface area contributed by atoms with Crippen molar-refractivity contribution >= 4 is 21.7 Å². The fourth-order valence-corrected chi connectivity index (χ4v) is 3.22. The zero-order valence-electron chi connectivity index (χ0n) is 16.2. The van der Waals surface area contributed by atoms with Crippen molar-refractivity contribution < 1.29 is 12.8 Å². The van der Waals surface area contributed by atoms with Crippen molar-refractivity contribution in [3.8, 4) is 11.5 Å². The first-order valence-electron chi connectivity index (χ1n) is 8.82. The Kier molecular flexibility index (Phi) is 5.13. The van der Waals surface area contributed by atoms with Gasteiger partial charge >= 0.3 is 0 Å². The molecule has 3 atom stereocenters. The van der Waals surface area contributed by atoms with Crippen LogP contribution in [0, 0.1) is 11.8 Å². The number of hydrogen-bond acceptors (Lipinski definition) is 8. The first-order chi connectivity index (χ1) is 12.6. The Morgan fingerprint density at radius 1 is 1.30 bits per heavy atom. The zero-order valence-corrected chi connectivity index (χ0v) is 17.1. The van der Waals surface area contributed by atoms with Crippen molar-refractivity contribution in [1.82, 2.24) is 15.2 Å². The summed E-state index contributed by atoms with van der Waals surface area (Å²) in [5, 5.41) is 8.00. The largest absolute Gasteiger partial charge is 0.419 e. The van der Waals surface area contributed by atoms with Crippen LogP contribution in [-0.4, -0.2) is 50.5 Å². The predicted octanol–water partition coefficient (Wildman–Crippen LogP) is 1.64. The number of pyridine rings is 1. The van der Waals surface area contributed by atoms with Gasteiger partial charge in [-0.2, -0.15) is 0 Å². The average Bonchev–Trinajstić information content (AvgIpc) is 3.09. The van der Waals surface area contributed by atoms with Crippen LogP contribution in [0.1, 0.15) is 32.2 Å². The lowest BCUT2D eigenvalue weighted by Gasteiger charge is -2.22. The van der Waals surface area contributed by atoms with E-state index in [4.69, 9.17) is 10.2 Å². The third-order valence-corrected chi connectivity index (χ3v) is 6.05. The maximum Gasteiger partial charge on any atom is 0.248 e. The lowest BCUT2D eigenvalue weighted by Crippen LogP contribution is -2.27. The number of nitrogens with two attached hydrogens (primary N) is 1. The maximum absolute atomic E-state index is 12.0. The average molecular weight is 395 g/mol. The summed E-state index contributed by atoms with van der Waals surface area (Å²) in [4.78, 5) is 6.56. The molecule has 3 unspecified atom stereocenters. The summed E-state index contributed by atoms with van der Waals surface area (Å²) in [6.07, 6.45) is 2.33. The van der Waals surface area contributed by atoms with Crippen molar-refractivity contribution in [2.24, 2.45) is 17.6 Å². The van der Waals surface area contributed by atoms with E-state index in [1.807, 2.05) is 18.0 Å². The third-order valence-electron chi connectivity index (χ3n) is 4.87. The fourth-order valence-electron chi connectivity index (χ4n) is 2.79. The molecule has 10 heteroatoms. The minimum atomic E-state index is -3.46. The normalized spacial score (nSPS) is 20.4. The molecule has 1 aliphatic carbocycles. The molecule has 27 heavy (non-hydrogen) atoms. The molecule has 1 fully saturated rings. The molecule has 1 aliphatic rings. The highest BCUT2D eigenvalue weighted by molar-refractivity contribution is 7.92. The lowest BCUT2D eigenvalue weighted by atomic mass is 10.2. The number of hydrogen-bond donors (Lipinski definition) is 1. The molecule has 0 amide bonds. The van der Waals surface area contributed by atoms with E-state index in [1.54, 1.807) is 13.0 Å². The summed E-state index contributed by atoms with van der Waals surface area (Å²) in [5.41, 5.74) is 6.39. The molecule has 9 nitrogen and oxygen atoms in total. The molecule has 0 saturated heterocycles. The van der Waals surface area contributed by atoms with Crippen molar-refractivity contribution in [1.29, 1.82) is 0 Å². The van der Waals surface area contributed by atoms with E-state index < -0.39 is 10.0 Å². The van der Waals surface area contributed by atoms with Gasteiger partial charge in [-0.1, -0.05) is 6.92 Å². The van der Waals surface area contributed by atoms with Crippen molar-refractivity contribution in [2.45, 2.75) is 26.3 Å². The smallest absolute Gasteiger partial charge is 0.248 e. The Hall–Kier alpha value is -2.20. The standard InChI is InChI=1S/C17H26N6O3S/c1-10-6-13(10)9-22(3)14-7-12(17-21-20-16(26-17)11(2)18)8-15(19-14)23(4)27(5,24)25/h7-8,10-11,13H,6,9,18H2,1-5H3. The number of rotatable bonds is 7. The molecule has 0 bridgehead atoms. The van der Waals surface area contributed by atoms with Gasteiger partial charge in [-0.25, -0.2) is 13.4 Å². The van der Waals surface area contributed by atoms with Gasteiger partial charge in [0.05, 0.1) is 12.3 Å². The van der Waals surface area contributed by atoms with E-state index in [0.29, 0.717) is 34.9 Å². The van der Waals surface area contributed by atoms with Crippen LogP contribution in [0.15, 0.2) is 16.5 Å². The van der Waals surface area contributed by atoms with Gasteiger partial charge < -0.3 is 15.1 Å². The second-order valence-electron chi connectivity index (χ2n) is 7.39. The molecule has 2 N–H and O–H groups in total.